The van der Waals surface area contributed by atoms with Crippen LogP contribution in [0.4, 0.5) is 0 Å². The normalized spacial score (nSPS) is 22.2. The third-order valence-corrected chi connectivity index (χ3v) is 6.28. The van der Waals surface area contributed by atoms with Crippen molar-refractivity contribution in [2.75, 3.05) is 40.4 Å². The average molecular weight is 399 g/mol. The van der Waals surface area contributed by atoms with Gasteiger partial charge in [-0.2, -0.15) is 0 Å². The fourth-order valence-corrected chi connectivity index (χ4v) is 4.86. The Labute approximate surface area is 171 Å². The molecule has 2 saturated heterocycles. The first-order chi connectivity index (χ1) is 14.0. The molecule has 29 heavy (non-hydrogen) atoms. The second-order valence-corrected chi connectivity index (χ2v) is 8.21. The summed E-state index contributed by atoms with van der Waals surface area (Å²) in [7, 11) is 3.35. The Morgan fingerprint density at radius 2 is 2.07 bits per heavy atom. The van der Waals surface area contributed by atoms with Crippen LogP contribution in [0.2, 0.25) is 0 Å². The van der Waals surface area contributed by atoms with Crippen LogP contribution in [0.1, 0.15) is 41.1 Å². The lowest BCUT2D eigenvalue weighted by atomic mass is 9.79. The molecule has 0 radical (unpaired) electrons. The van der Waals surface area contributed by atoms with E-state index in [4.69, 9.17) is 13.9 Å². The zero-order valence-corrected chi connectivity index (χ0v) is 17.4. The Balaban J connectivity index is 1.45. The molecule has 3 heterocycles. The lowest BCUT2D eigenvalue weighted by Crippen LogP contribution is -2.45. The minimum atomic E-state index is -0.0385. The number of piperidine rings is 1. The number of carbonyl (C=O) groups excluding carboxylic acids is 1. The van der Waals surface area contributed by atoms with E-state index in [1.54, 1.807) is 14.2 Å². The first-order valence-corrected chi connectivity index (χ1v) is 10.2. The maximum Gasteiger partial charge on any atom is 0.291 e. The number of oxazole rings is 1. The Morgan fingerprint density at radius 1 is 1.21 bits per heavy atom. The minimum absolute atomic E-state index is 0.0385. The standard InChI is InChI=1S/C22H29N3O4/c1-16-19(29-15-23-16)21(26)25-11-9-22(14-25)8-5-10-24(13-22)12-17-6-4-7-18(27-2)20(17)28-3/h4,6-7,15H,5,8-14H2,1-3H3/t22-/m0/s1. The van der Waals surface area contributed by atoms with Gasteiger partial charge in [-0.3, -0.25) is 9.69 Å². The number of carbonyl (C=O) groups is 1. The number of nitrogens with zero attached hydrogens (tertiary/aromatic N) is 3. The van der Waals surface area contributed by atoms with Crippen molar-refractivity contribution in [1.82, 2.24) is 14.8 Å². The second kappa shape index (κ2) is 8.06. The molecule has 156 valence electrons. The van der Waals surface area contributed by atoms with Crippen LogP contribution in [0.25, 0.3) is 0 Å². The summed E-state index contributed by atoms with van der Waals surface area (Å²) < 4.78 is 16.4. The maximum atomic E-state index is 12.8. The molecule has 0 N–H and O–H groups in total. The highest BCUT2D eigenvalue weighted by Gasteiger charge is 2.43. The van der Waals surface area contributed by atoms with Gasteiger partial charge in [0.25, 0.3) is 5.91 Å². The van der Waals surface area contributed by atoms with E-state index in [2.05, 4.69) is 16.0 Å². The van der Waals surface area contributed by atoms with Crippen LogP contribution in [0, 0.1) is 12.3 Å². The monoisotopic (exact) mass is 399 g/mol. The van der Waals surface area contributed by atoms with Gasteiger partial charge in [-0.1, -0.05) is 12.1 Å². The third kappa shape index (κ3) is 3.83. The molecule has 4 rings (SSSR count). The summed E-state index contributed by atoms with van der Waals surface area (Å²) in [6.07, 6.45) is 4.66. The SMILES string of the molecule is COc1cccc(CN2CCC[C@]3(CCN(C(=O)c4ocnc4C)C3)C2)c1OC. The third-order valence-electron chi connectivity index (χ3n) is 6.28. The van der Waals surface area contributed by atoms with Crippen molar-refractivity contribution >= 4 is 5.91 Å². The number of aryl methyl sites for hydroxylation is 1. The summed E-state index contributed by atoms with van der Waals surface area (Å²) in [4.78, 5) is 21.3. The van der Waals surface area contributed by atoms with Crippen molar-refractivity contribution < 1.29 is 18.7 Å². The van der Waals surface area contributed by atoms with Gasteiger partial charge in [-0.05, 0) is 38.8 Å². The van der Waals surface area contributed by atoms with Gasteiger partial charge in [0, 0.05) is 37.2 Å². The first-order valence-electron chi connectivity index (χ1n) is 10.2. The molecule has 0 aliphatic carbocycles. The van der Waals surface area contributed by atoms with E-state index >= 15 is 0 Å². The van der Waals surface area contributed by atoms with Crippen molar-refractivity contribution in [3.05, 3.63) is 41.6 Å². The number of rotatable bonds is 5. The van der Waals surface area contributed by atoms with Crippen molar-refractivity contribution in [2.24, 2.45) is 5.41 Å². The van der Waals surface area contributed by atoms with Crippen molar-refractivity contribution in [1.29, 1.82) is 0 Å². The summed E-state index contributed by atoms with van der Waals surface area (Å²) >= 11 is 0. The molecule has 2 aliphatic rings. The van der Waals surface area contributed by atoms with Crippen LogP contribution in [0.3, 0.4) is 0 Å². The molecule has 0 saturated carbocycles. The second-order valence-electron chi connectivity index (χ2n) is 8.21. The largest absolute Gasteiger partial charge is 0.493 e. The number of aromatic nitrogens is 1. The van der Waals surface area contributed by atoms with Gasteiger partial charge >= 0.3 is 0 Å². The van der Waals surface area contributed by atoms with Gasteiger partial charge in [-0.15, -0.1) is 0 Å². The van der Waals surface area contributed by atoms with Crippen LogP contribution in [-0.4, -0.2) is 61.1 Å². The number of methoxy groups -OCH3 is 2. The number of hydrogen-bond donors (Lipinski definition) is 0. The van der Waals surface area contributed by atoms with E-state index in [1.165, 1.54) is 6.39 Å². The van der Waals surface area contributed by atoms with Crippen LogP contribution in [0.5, 0.6) is 11.5 Å². The smallest absolute Gasteiger partial charge is 0.291 e. The number of para-hydroxylation sites is 1. The maximum absolute atomic E-state index is 12.8. The van der Waals surface area contributed by atoms with Crippen LogP contribution >= 0.6 is 0 Å². The zero-order valence-electron chi connectivity index (χ0n) is 17.4. The predicted molar refractivity (Wildman–Crippen MR) is 108 cm³/mol. The molecule has 7 heteroatoms. The molecular weight excluding hydrogens is 370 g/mol. The van der Waals surface area contributed by atoms with E-state index in [0.717, 1.165) is 69.0 Å². The Hall–Kier alpha value is -2.54. The lowest BCUT2D eigenvalue weighted by molar-refractivity contribution is 0.0649. The molecule has 2 aliphatic heterocycles. The molecule has 0 bridgehead atoms. The molecule has 1 spiro atoms. The van der Waals surface area contributed by atoms with Gasteiger partial charge in [0.1, 0.15) is 0 Å². The van der Waals surface area contributed by atoms with Gasteiger partial charge in [0.2, 0.25) is 5.76 Å². The topological polar surface area (TPSA) is 68.0 Å². The van der Waals surface area contributed by atoms with Crippen molar-refractivity contribution in [2.45, 2.75) is 32.7 Å². The molecule has 2 aromatic rings. The molecule has 2 fully saturated rings. The molecular formula is C22H29N3O4. The Bertz CT molecular complexity index is 881. The quantitative estimate of drug-likeness (QED) is 0.770. The van der Waals surface area contributed by atoms with Crippen LogP contribution in [-0.2, 0) is 6.54 Å². The Kier molecular flexibility index (Phi) is 5.50. The summed E-state index contributed by atoms with van der Waals surface area (Å²) in [6.45, 7) is 6.21. The van der Waals surface area contributed by atoms with Gasteiger partial charge in [0.05, 0.1) is 19.9 Å². The molecule has 7 nitrogen and oxygen atoms in total. The number of hydrogen-bond acceptors (Lipinski definition) is 6. The molecule has 0 unspecified atom stereocenters. The fourth-order valence-electron chi connectivity index (χ4n) is 4.86. The van der Waals surface area contributed by atoms with E-state index < -0.39 is 0 Å². The highest BCUT2D eigenvalue weighted by atomic mass is 16.5. The summed E-state index contributed by atoms with van der Waals surface area (Å²) in [6, 6.07) is 6.03. The first kappa shape index (κ1) is 19.8. The lowest BCUT2D eigenvalue weighted by Gasteiger charge is -2.40. The van der Waals surface area contributed by atoms with Crippen LogP contribution in [0.15, 0.2) is 29.0 Å². The predicted octanol–water partition coefficient (Wildman–Crippen LogP) is 3.13. The number of ether oxygens (including phenoxy) is 2. The number of likely N-dealkylation sites (tertiary alicyclic amines) is 2. The molecule has 1 aromatic heterocycles. The Morgan fingerprint density at radius 3 is 2.79 bits per heavy atom. The molecule has 1 atom stereocenters. The zero-order chi connectivity index (χ0) is 20.4. The highest BCUT2D eigenvalue weighted by molar-refractivity contribution is 5.92. The molecule has 1 aromatic carbocycles. The van der Waals surface area contributed by atoms with E-state index in [1.807, 2.05) is 24.0 Å². The van der Waals surface area contributed by atoms with Gasteiger partial charge < -0.3 is 18.8 Å². The van der Waals surface area contributed by atoms with E-state index in [-0.39, 0.29) is 11.3 Å². The van der Waals surface area contributed by atoms with Gasteiger partial charge in [-0.25, -0.2) is 4.98 Å². The summed E-state index contributed by atoms with van der Waals surface area (Å²) in [5.41, 5.74) is 1.94. The fraction of sp³-hybridized carbons (Fsp3) is 0.545. The average Bonchev–Trinajstić information content (AvgIpc) is 3.34. The van der Waals surface area contributed by atoms with Crippen molar-refractivity contribution in [3.63, 3.8) is 0 Å². The number of benzene rings is 1. The highest BCUT2D eigenvalue weighted by Crippen LogP contribution is 2.41. The number of amides is 1. The van der Waals surface area contributed by atoms with Crippen molar-refractivity contribution in [3.8, 4) is 11.5 Å². The molecule has 1 amide bonds. The summed E-state index contributed by atoms with van der Waals surface area (Å²) in [5.74, 6) is 1.90. The van der Waals surface area contributed by atoms with E-state index in [0.29, 0.717) is 11.5 Å². The van der Waals surface area contributed by atoms with Gasteiger partial charge in [0.15, 0.2) is 17.9 Å². The van der Waals surface area contributed by atoms with Crippen LogP contribution < -0.4 is 9.47 Å². The van der Waals surface area contributed by atoms with E-state index in [9.17, 15) is 4.79 Å². The minimum Gasteiger partial charge on any atom is -0.493 e. The summed E-state index contributed by atoms with van der Waals surface area (Å²) in [5, 5.41) is 0.